The van der Waals surface area contributed by atoms with E-state index in [9.17, 15) is 9.90 Å². The molecule has 0 spiro atoms. The lowest BCUT2D eigenvalue weighted by Crippen LogP contribution is -2.34. The smallest absolute Gasteiger partial charge is 0.234 e. The number of aromatic nitrogens is 2. The molecule has 8 nitrogen and oxygen atoms in total. The Morgan fingerprint density at radius 2 is 2.00 bits per heavy atom. The van der Waals surface area contributed by atoms with Crippen LogP contribution in [-0.2, 0) is 16.8 Å². The van der Waals surface area contributed by atoms with Gasteiger partial charge in [0.2, 0.25) is 11.9 Å². The van der Waals surface area contributed by atoms with Gasteiger partial charge in [-0.2, -0.15) is 4.98 Å². The third kappa shape index (κ3) is 5.41. The molecule has 9 heteroatoms. The van der Waals surface area contributed by atoms with Gasteiger partial charge in [0.1, 0.15) is 5.82 Å². The zero-order valence-corrected chi connectivity index (χ0v) is 23.7. The topological polar surface area (TPSA) is 102 Å². The van der Waals surface area contributed by atoms with E-state index in [2.05, 4.69) is 66.9 Å². The Kier molecular flexibility index (Phi) is 7.70. The molecule has 1 fully saturated rings. The first kappa shape index (κ1) is 26.6. The second kappa shape index (κ2) is 11.0. The molecule has 0 unspecified atom stereocenters. The van der Waals surface area contributed by atoms with Gasteiger partial charge in [-0.05, 0) is 103 Å². The summed E-state index contributed by atoms with van der Waals surface area (Å²) in [7, 11) is 0. The number of amides is 1. The van der Waals surface area contributed by atoms with Gasteiger partial charge >= 0.3 is 0 Å². The standard InChI is InChI=1S/C29H35BrN6O2/c1-18-15-20(19-9-11-36(12-10-19)13-14-37)7-8-23(18)34-28-32-17-22(30)26(35-28)31-16-21-5-4-6-24-25(21)29(2,3)27(38)33-24/h4-8,15,17,19,37H,9-14,16H2,1-3H3,(H,33,38)(H2,31,32,34,35). The largest absolute Gasteiger partial charge is 0.395 e. The van der Waals surface area contributed by atoms with Crippen molar-refractivity contribution < 1.29 is 9.90 Å². The van der Waals surface area contributed by atoms with E-state index in [4.69, 9.17) is 4.98 Å². The van der Waals surface area contributed by atoms with Crippen molar-refractivity contribution in [2.75, 3.05) is 42.2 Å². The Morgan fingerprint density at radius 3 is 2.74 bits per heavy atom. The summed E-state index contributed by atoms with van der Waals surface area (Å²) in [6, 6.07) is 12.5. The van der Waals surface area contributed by atoms with Crippen LogP contribution in [0.1, 0.15) is 54.9 Å². The minimum atomic E-state index is -0.580. The lowest BCUT2D eigenvalue weighted by atomic mass is 9.83. The molecule has 2 aliphatic rings. The van der Waals surface area contributed by atoms with Gasteiger partial charge in [-0.25, -0.2) is 4.98 Å². The zero-order chi connectivity index (χ0) is 26.9. The molecular weight excluding hydrogens is 544 g/mol. The van der Waals surface area contributed by atoms with Gasteiger partial charge < -0.3 is 26.0 Å². The van der Waals surface area contributed by atoms with E-state index in [0.29, 0.717) is 24.2 Å². The van der Waals surface area contributed by atoms with Crippen molar-refractivity contribution in [1.29, 1.82) is 0 Å². The van der Waals surface area contributed by atoms with E-state index in [1.807, 2.05) is 32.0 Å². The SMILES string of the molecule is Cc1cc(C2CCN(CCO)CC2)ccc1Nc1ncc(Br)c(NCc2cccc3c2C(C)(C)C(=O)N3)n1. The number of anilines is 4. The molecule has 5 rings (SSSR count). The number of piperidine rings is 1. The van der Waals surface area contributed by atoms with Crippen molar-refractivity contribution >= 4 is 45.0 Å². The number of hydrogen-bond donors (Lipinski definition) is 4. The van der Waals surface area contributed by atoms with E-state index in [1.54, 1.807) is 6.20 Å². The molecule has 0 radical (unpaired) electrons. The van der Waals surface area contributed by atoms with Crippen LogP contribution in [0.5, 0.6) is 0 Å². The van der Waals surface area contributed by atoms with Crippen molar-refractivity contribution in [3.05, 3.63) is 69.3 Å². The Balaban J connectivity index is 1.27. The van der Waals surface area contributed by atoms with Crippen LogP contribution in [0.3, 0.4) is 0 Å². The van der Waals surface area contributed by atoms with E-state index < -0.39 is 5.41 Å². The average molecular weight is 580 g/mol. The molecule has 2 aromatic carbocycles. The van der Waals surface area contributed by atoms with Crippen LogP contribution in [0.2, 0.25) is 0 Å². The second-order valence-corrected chi connectivity index (χ2v) is 11.6. The summed E-state index contributed by atoms with van der Waals surface area (Å²) >= 11 is 3.57. The molecule has 3 aromatic rings. The quantitative estimate of drug-likeness (QED) is 0.287. The molecule has 0 atom stereocenters. The highest BCUT2D eigenvalue weighted by molar-refractivity contribution is 9.10. The number of β-amino-alcohol motifs (C(OH)–C–C–N with tert-alkyl or cyclic N) is 1. The highest BCUT2D eigenvalue weighted by Crippen LogP contribution is 2.40. The predicted molar refractivity (Wildman–Crippen MR) is 155 cm³/mol. The van der Waals surface area contributed by atoms with Crippen molar-refractivity contribution in [2.45, 2.75) is 51.5 Å². The summed E-state index contributed by atoms with van der Waals surface area (Å²) in [6.07, 6.45) is 3.97. The molecule has 4 N–H and O–H groups in total. The number of carbonyl (C=O) groups excluding carboxylic acids is 1. The fraction of sp³-hybridized carbons (Fsp3) is 0.414. The maximum absolute atomic E-state index is 12.4. The third-order valence-corrected chi connectivity index (χ3v) is 8.33. The number of rotatable bonds is 8. The number of likely N-dealkylation sites (tertiary alicyclic amines) is 1. The van der Waals surface area contributed by atoms with Gasteiger partial charge in [-0.1, -0.05) is 24.3 Å². The van der Waals surface area contributed by atoms with Crippen LogP contribution in [0.25, 0.3) is 0 Å². The van der Waals surface area contributed by atoms with Crippen LogP contribution >= 0.6 is 15.9 Å². The molecule has 3 heterocycles. The van der Waals surface area contributed by atoms with Crippen LogP contribution in [0.15, 0.2) is 47.1 Å². The number of benzene rings is 2. The van der Waals surface area contributed by atoms with E-state index in [1.165, 1.54) is 5.56 Å². The second-order valence-electron chi connectivity index (χ2n) is 10.7. The molecule has 1 saturated heterocycles. The molecule has 1 amide bonds. The molecule has 2 aliphatic heterocycles. The molecule has 0 bridgehead atoms. The summed E-state index contributed by atoms with van der Waals surface area (Å²) < 4.78 is 0.767. The van der Waals surface area contributed by atoms with E-state index in [0.717, 1.165) is 65.0 Å². The van der Waals surface area contributed by atoms with Gasteiger partial charge in [-0.3, -0.25) is 4.79 Å². The first-order valence-electron chi connectivity index (χ1n) is 13.2. The molecule has 200 valence electrons. The lowest BCUT2D eigenvalue weighted by molar-refractivity contribution is -0.119. The zero-order valence-electron chi connectivity index (χ0n) is 22.1. The Hall–Kier alpha value is -3.01. The molecule has 0 aliphatic carbocycles. The first-order valence-corrected chi connectivity index (χ1v) is 14.0. The van der Waals surface area contributed by atoms with Crippen molar-refractivity contribution in [3.8, 4) is 0 Å². The van der Waals surface area contributed by atoms with Gasteiger partial charge in [0, 0.05) is 30.7 Å². The van der Waals surface area contributed by atoms with Gasteiger partial charge in [0.05, 0.1) is 16.5 Å². The third-order valence-electron chi connectivity index (χ3n) is 7.75. The van der Waals surface area contributed by atoms with Crippen LogP contribution in [-0.4, -0.2) is 52.1 Å². The first-order chi connectivity index (χ1) is 18.3. The van der Waals surface area contributed by atoms with Crippen molar-refractivity contribution in [2.24, 2.45) is 0 Å². The number of fused-ring (bicyclic) bond motifs is 1. The van der Waals surface area contributed by atoms with Crippen LogP contribution in [0, 0.1) is 6.92 Å². The normalized spacial score (nSPS) is 17.2. The molecular formula is C29H35BrN6O2. The maximum Gasteiger partial charge on any atom is 0.234 e. The summed E-state index contributed by atoms with van der Waals surface area (Å²) in [5, 5.41) is 19.0. The summed E-state index contributed by atoms with van der Waals surface area (Å²) in [5.41, 5.74) is 5.87. The number of hydrogen-bond acceptors (Lipinski definition) is 7. The van der Waals surface area contributed by atoms with Crippen LogP contribution < -0.4 is 16.0 Å². The highest BCUT2D eigenvalue weighted by Gasteiger charge is 2.39. The maximum atomic E-state index is 12.4. The monoisotopic (exact) mass is 578 g/mol. The van der Waals surface area contributed by atoms with Crippen LogP contribution in [0.4, 0.5) is 23.1 Å². The molecule has 1 aromatic heterocycles. The van der Waals surface area contributed by atoms with Gasteiger partial charge in [0.15, 0.2) is 0 Å². The van der Waals surface area contributed by atoms with Crippen molar-refractivity contribution in [3.63, 3.8) is 0 Å². The highest BCUT2D eigenvalue weighted by atomic mass is 79.9. The minimum absolute atomic E-state index is 0.0168. The number of aliphatic hydroxyl groups is 1. The summed E-state index contributed by atoms with van der Waals surface area (Å²) in [6.45, 7) is 9.60. The number of aliphatic hydroxyl groups excluding tert-OH is 1. The lowest BCUT2D eigenvalue weighted by Gasteiger charge is -2.32. The summed E-state index contributed by atoms with van der Waals surface area (Å²) in [4.78, 5) is 24.0. The fourth-order valence-corrected chi connectivity index (χ4v) is 5.88. The summed E-state index contributed by atoms with van der Waals surface area (Å²) in [5.74, 6) is 1.76. The number of nitrogens with one attached hydrogen (secondary N) is 3. The average Bonchev–Trinajstić information content (AvgIpc) is 3.14. The number of nitrogens with zero attached hydrogens (tertiary/aromatic N) is 3. The van der Waals surface area contributed by atoms with E-state index >= 15 is 0 Å². The predicted octanol–water partition coefficient (Wildman–Crippen LogP) is 5.30. The number of halogens is 1. The number of carbonyl (C=O) groups is 1. The molecule has 0 saturated carbocycles. The minimum Gasteiger partial charge on any atom is -0.395 e. The van der Waals surface area contributed by atoms with E-state index in [-0.39, 0.29) is 12.5 Å². The van der Waals surface area contributed by atoms with Gasteiger partial charge in [0.25, 0.3) is 0 Å². The Bertz CT molecular complexity index is 1340. The molecule has 38 heavy (non-hydrogen) atoms. The number of aryl methyl sites for hydroxylation is 1. The van der Waals surface area contributed by atoms with Crippen molar-refractivity contribution in [1.82, 2.24) is 14.9 Å². The fourth-order valence-electron chi connectivity index (χ4n) is 5.54. The van der Waals surface area contributed by atoms with Gasteiger partial charge in [-0.15, -0.1) is 0 Å². The Morgan fingerprint density at radius 1 is 1.21 bits per heavy atom. The Labute approximate surface area is 232 Å².